The molecule has 1 aliphatic rings. The van der Waals surface area contributed by atoms with E-state index >= 15 is 0 Å². The van der Waals surface area contributed by atoms with E-state index in [-0.39, 0.29) is 6.04 Å². The molecule has 3 aromatic rings. The van der Waals surface area contributed by atoms with Gasteiger partial charge in [0.2, 0.25) is 5.88 Å². The summed E-state index contributed by atoms with van der Waals surface area (Å²) in [6.07, 6.45) is 3.51. The van der Waals surface area contributed by atoms with Crippen LogP contribution in [0.5, 0.6) is 5.88 Å². The molecule has 0 saturated carbocycles. The van der Waals surface area contributed by atoms with Gasteiger partial charge in [-0.05, 0) is 61.3 Å². The highest BCUT2D eigenvalue weighted by Crippen LogP contribution is 2.29. The molecule has 1 aromatic heterocycles. The van der Waals surface area contributed by atoms with Gasteiger partial charge >= 0.3 is 5.97 Å². The number of hydrogen-bond acceptors (Lipinski definition) is 6. The summed E-state index contributed by atoms with van der Waals surface area (Å²) >= 11 is 0. The molecule has 1 aliphatic heterocycles. The second-order valence-corrected chi connectivity index (χ2v) is 8.89. The molecule has 9 heteroatoms. The molecule has 1 unspecified atom stereocenters. The van der Waals surface area contributed by atoms with Crippen molar-refractivity contribution in [3.05, 3.63) is 76.9 Å². The summed E-state index contributed by atoms with van der Waals surface area (Å²) in [5.41, 5.74) is 2.60. The first-order valence-electron chi connectivity index (χ1n) is 11.8. The summed E-state index contributed by atoms with van der Waals surface area (Å²) in [4.78, 5) is 17.7. The predicted octanol–water partition coefficient (Wildman–Crippen LogP) is 3.91. The van der Waals surface area contributed by atoms with Gasteiger partial charge in [-0.3, -0.25) is 0 Å². The molecule has 0 aliphatic carbocycles. The molecule has 0 spiro atoms. The van der Waals surface area contributed by atoms with Crippen molar-refractivity contribution in [1.82, 2.24) is 15.2 Å². The number of methoxy groups -OCH3 is 1. The van der Waals surface area contributed by atoms with E-state index in [1.807, 2.05) is 6.07 Å². The topological polar surface area (TPSA) is 94.9 Å². The van der Waals surface area contributed by atoms with E-state index in [9.17, 15) is 18.7 Å². The largest absolute Gasteiger partial charge is 0.481 e. The zero-order valence-corrected chi connectivity index (χ0v) is 20.0. The van der Waals surface area contributed by atoms with Gasteiger partial charge in [0.25, 0.3) is 0 Å². The molecule has 4 rings (SSSR count). The number of nitrogens with zero attached hydrogens (tertiary/aromatic N) is 2. The molecule has 1 atom stereocenters. The Kier molecular flexibility index (Phi) is 8.25. The first-order chi connectivity index (χ1) is 17.3. The number of benzene rings is 2. The van der Waals surface area contributed by atoms with Crippen LogP contribution in [0, 0.1) is 11.6 Å². The SMILES string of the molecule is COc1ccc2c(/C=C/C(=O)O)ccc(C(O)CN3CCC(NCc4ccc(F)c(F)c4)CC3)c2n1. The normalized spacial score (nSPS) is 16.0. The minimum absolute atomic E-state index is 0.249. The number of halogens is 2. The second-order valence-electron chi connectivity index (χ2n) is 8.89. The smallest absolute Gasteiger partial charge is 0.328 e. The van der Waals surface area contributed by atoms with Gasteiger partial charge in [0, 0.05) is 42.2 Å². The molecule has 3 N–H and O–H groups in total. The van der Waals surface area contributed by atoms with E-state index < -0.39 is 23.7 Å². The van der Waals surface area contributed by atoms with Crippen molar-refractivity contribution < 1.29 is 28.5 Å². The van der Waals surface area contributed by atoms with Crippen LogP contribution in [0.2, 0.25) is 0 Å². The zero-order chi connectivity index (χ0) is 25.7. The quantitative estimate of drug-likeness (QED) is 0.386. The minimum atomic E-state index is -1.04. The summed E-state index contributed by atoms with van der Waals surface area (Å²) in [6.45, 7) is 2.45. The Bertz CT molecular complexity index is 1260. The first-order valence-corrected chi connectivity index (χ1v) is 11.8. The number of fused-ring (bicyclic) bond motifs is 1. The fourth-order valence-corrected chi connectivity index (χ4v) is 4.51. The maximum absolute atomic E-state index is 13.4. The molecule has 7 nitrogen and oxygen atoms in total. The van der Waals surface area contributed by atoms with Gasteiger partial charge < -0.3 is 25.2 Å². The average Bonchev–Trinajstić information content (AvgIpc) is 2.88. The summed E-state index contributed by atoms with van der Waals surface area (Å²) in [5, 5.41) is 24.2. The number of hydrogen-bond donors (Lipinski definition) is 3. The van der Waals surface area contributed by atoms with Crippen molar-refractivity contribution in [3.63, 3.8) is 0 Å². The van der Waals surface area contributed by atoms with Crippen LogP contribution in [0.15, 0.2) is 48.5 Å². The Morgan fingerprint density at radius 2 is 1.97 bits per heavy atom. The lowest BCUT2D eigenvalue weighted by molar-refractivity contribution is -0.131. The number of nitrogens with one attached hydrogen (secondary N) is 1. The molecule has 36 heavy (non-hydrogen) atoms. The number of piperidine rings is 1. The zero-order valence-electron chi connectivity index (χ0n) is 20.0. The summed E-state index contributed by atoms with van der Waals surface area (Å²) in [7, 11) is 1.52. The van der Waals surface area contributed by atoms with Crippen molar-refractivity contribution in [3.8, 4) is 5.88 Å². The third-order valence-corrected chi connectivity index (χ3v) is 6.47. The number of pyridine rings is 1. The van der Waals surface area contributed by atoms with E-state index in [0.717, 1.165) is 43.5 Å². The number of ether oxygens (including phenoxy) is 1. The molecule has 1 saturated heterocycles. The van der Waals surface area contributed by atoms with Crippen LogP contribution >= 0.6 is 0 Å². The fourth-order valence-electron chi connectivity index (χ4n) is 4.51. The van der Waals surface area contributed by atoms with E-state index in [0.29, 0.717) is 41.2 Å². The number of likely N-dealkylation sites (tertiary alicyclic amines) is 1. The van der Waals surface area contributed by atoms with Crippen LogP contribution in [-0.2, 0) is 11.3 Å². The van der Waals surface area contributed by atoms with Crippen LogP contribution in [0.25, 0.3) is 17.0 Å². The Hall–Kier alpha value is -3.40. The summed E-state index contributed by atoms with van der Waals surface area (Å²) in [5.74, 6) is -2.33. The van der Waals surface area contributed by atoms with E-state index in [1.165, 1.54) is 19.3 Å². The van der Waals surface area contributed by atoms with Crippen molar-refractivity contribution in [2.75, 3.05) is 26.7 Å². The van der Waals surface area contributed by atoms with Crippen molar-refractivity contribution >= 4 is 22.9 Å². The first kappa shape index (κ1) is 25.7. The number of aliphatic carboxylic acids is 1. The molecule has 0 radical (unpaired) electrons. The monoisotopic (exact) mass is 497 g/mol. The Morgan fingerprint density at radius 3 is 2.67 bits per heavy atom. The molecule has 1 fully saturated rings. The molecule has 2 heterocycles. The lowest BCUT2D eigenvalue weighted by Gasteiger charge is -2.33. The third kappa shape index (κ3) is 6.23. The molecule has 190 valence electrons. The number of rotatable bonds is 9. The van der Waals surface area contributed by atoms with Crippen molar-refractivity contribution in [2.45, 2.75) is 31.5 Å². The van der Waals surface area contributed by atoms with Gasteiger partial charge in [-0.15, -0.1) is 0 Å². The number of aliphatic hydroxyl groups excluding tert-OH is 1. The van der Waals surface area contributed by atoms with Gasteiger partial charge in [0.05, 0.1) is 18.7 Å². The van der Waals surface area contributed by atoms with Gasteiger partial charge in [-0.25, -0.2) is 18.6 Å². The highest BCUT2D eigenvalue weighted by atomic mass is 19.2. The third-order valence-electron chi connectivity index (χ3n) is 6.47. The second kappa shape index (κ2) is 11.6. The average molecular weight is 498 g/mol. The van der Waals surface area contributed by atoms with E-state index in [1.54, 1.807) is 24.3 Å². The molecule has 2 aromatic carbocycles. The highest BCUT2D eigenvalue weighted by molar-refractivity contribution is 5.94. The lowest BCUT2D eigenvalue weighted by Crippen LogP contribution is -2.43. The predicted molar refractivity (Wildman–Crippen MR) is 133 cm³/mol. The number of β-amino-alcohol motifs (C(OH)–C–C–N with tert-alkyl or cyclic N) is 1. The number of carboxylic acids is 1. The van der Waals surface area contributed by atoms with E-state index in [2.05, 4.69) is 15.2 Å². The van der Waals surface area contributed by atoms with Gasteiger partial charge in [-0.2, -0.15) is 0 Å². The van der Waals surface area contributed by atoms with Crippen LogP contribution in [-0.4, -0.2) is 58.9 Å². The van der Waals surface area contributed by atoms with Crippen LogP contribution in [0.4, 0.5) is 8.78 Å². The number of carbonyl (C=O) groups is 1. The number of carboxylic acid groups (broad SMARTS) is 1. The maximum atomic E-state index is 13.4. The van der Waals surface area contributed by atoms with E-state index in [4.69, 9.17) is 9.84 Å². The van der Waals surface area contributed by atoms with Crippen LogP contribution in [0.3, 0.4) is 0 Å². The van der Waals surface area contributed by atoms with Gasteiger partial charge in [-0.1, -0.05) is 18.2 Å². The Morgan fingerprint density at radius 1 is 1.19 bits per heavy atom. The van der Waals surface area contributed by atoms with Crippen LogP contribution < -0.4 is 10.1 Å². The minimum Gasteiger partial charge on any atom is -0.481 e. The maximum Gasteiger partial charge on any atom is 0.328 e. The summed E-state index contributed by atoms with van der Waals surface area (Å²) < 4.78 is 31.8. The Labute approximate surface area is 208 Å². The standard InChI is InChI=1S/C27H29F2N3O4/c1-36-25-8-6-20-18(4-9-26(34)35)3-5-21(27(20)31-25)24(33)16-32-12-10-19(11-13-32)30-15-17-2-7-22(28)23(29)14-17/h2-9,14,19,24,30,33H,10-13,15-16H2,1H3,(H,34,35)/b9-4+. The molecule has 0 bridgehead atoms. The highest BCUT2D eigenvalue weighted by Gasteiger charge is 2.23. The Balaban J connectivity index is 1.40. The fraction of sp³-hybridized carbons (Fsp3) is 0.333. The molecular weight excluding hydrogens is 468 g/mol. The lowest BCUT2D eigenvalue weighted by atomic mass is 9.98. The van der Waals surface area contributed by atoms with Crippen molar-refractivity contribution in [2.24, 2.45) is 0 Å². The molecule has 0 amide bonds. The summed E-state index contributed by atoms with van der Waals surface area (Å²) in [6, 6.07) is 11.2. The number of aliphatic hydroxyl groups is 1. The van der Waals surface area contributed by atoms with Crippen LogP contribution in [0.1, 0.15) is 35.6 Å². The number of aromatic nitrogens is 1. The van der Waals surface area contributed by atoms with Gasteiger partial charge in [0.15, 0.2) is 11.6 Å². The molecular formula is C27H29F2N3O4. The van der Waals surface area contributed by atoms with Gasteiger partial charge in [0.1, 0.15) is 0 Å². The van der Waals surface area contributed by atoms with Crippen molar-refractivity contribution in [1.29, 1.82) is 0 Å².